The standard InChI is InChI=1S/C14H17N3O/c1-10-9-15-11(2)14(16-10)17-7-3-5-12(17)13-6-4-8-18-13/h4,6,8-9,12H,3,5,7H2,1-2H3. The summed E-state index contributed by atoms with van der Waals surface area (Å²) in [6.07, 6.45) is 5.83. The van der Waals surface area contributed by atoms with Crippen LogP contribution in [0.4, 0.5) is 5.82 Å². The van der Waals surface area contributed by atoms with E-state index in [1.807, 2.05) is 32.2 Å². The maximum absolute atomic E-state index is 5.55. The van der Waals surface area contributed by atoms with Crippen LogP contribution in [0.5, 0.6) is 0 Å². The lowest BCUT2D eigenvalue weighted by Crippen LogP contribution is -2.24. The molecular formula is C14H17N3O. The second-order valence-corrected chi connectivity index (χ2v) is 4.79. The molecule has 1 aliphatic heterocycles. The largest absolute Gasteiger partial charge is 0.467 e. The fourth-order valence-electron chi connectivity index (χ4n) is 2.59. The number of hydrogen-bond acceptors (Lipinski definition) is 4. The first-order valence-electron chi connectivity index (χ1n) is 6.36. The molecule has 4 heteroatoms. The number of aryl methyl sites for hydroxylation is 2. The smallest absolute Gasteiger partial charge is 0.150 e. The van der Waals surface area contributed by atoms with Crippen LogP contribution in [0, 0.1) is 13.8 Å². The molecule has 3 heterocycles. The van der Waals surface area contributed by atoms with Gasteiger partial charge in [0, 0.05) is 12.7 Å². The summed E-state index contributed by atoms with van der Waals surface area (Å²) in [4.78, 5) is 11.4. The highest BCUT2D eigenvalue weighted by molar-refractivity contribution is 5.46. The van der Waals surface area contributed by atoms with Crippen molar-refractivity contribution in [3.05, 3.63) is 41.7 Å². The van der Waals surface area contributed by atoms with Crippen molar-refractivity contribution in [1.29, 1.82) is 0 Å². The van der Waals surface area contributed by atoms with Gasteiger partial charge in [-0.05, 0) is 38.8 Å². The van der Waals surface area contributed by atoms with Crippen LogP contribution in [-0.4, -0.2) is 16.5 Å². The molecule has 1 fully saturated rings. The Morgan fingerprint density at radius 3 is 3.06 bits per heavy atom. The van der Waals surface area contributed by atoms with E-state index >= 15 is 0 Å². The highest BCUT2D eigenvalue weighted by Gasteiger charge is 2.30. The van der Waals surface area contributed by atoms with Gasteiger partial charge in [0.15, 0.2) is 5.82 Å². The molecule has 0 aliphatic carbocycles. The minimum absolute atomic E-state index is 0.301. The van der Waals surface area contributed by atoms with Gasteiger partial charge in [0.1, 0.15) is 5.76 Å². The van der Waals surface area contributed by atoms with Crippen molar-refractivity contribution in [2.75, 3.05) is 11.4 Å². The average molecular weight is 243 g/mol. The monoisotopic (exact) mass is 243 g/mol. The van der Waals surface area contributed by atoms with E-state index in [1.54, 1.807) is 6.26 Å². The molecule has 1 atom stereocenters. The molecule has 0 aromatic carbocycles. The van der Waals surface area contributed by atoms with Crippen LogP contribution in [0.15, 0.2) is 29.0 Å². The van der Waals surface area contributed by atoms with Crippen molar-refractivity contribution in [2.45, 2.75) is 32.7 Å². The fraction of sp³-hybridized carbons (Fsp3) is 0.429. The van der Waals surface area contributed by atoms with Crippen molar-refractivity contribution < 1.29 is 4.42 Å². The summed E-state index contributed by atoms with van der Waals surface area (Å²) in [5.41, 5.74) is 1.94. The Bertz CT molecular complexity index is 536. The quantitative estimate of drug-likeness (QED) is 0.813. The van der Waals surface area contributed by atoms with E-state index in [9.17, 15) is 0 Å². The summed E-state index contributed by atoms with van der Waals surface area (Å²) < 4.78 is 5.55. The number of hydrogen-bond donors (Lipinski definition) is 0. The summed E-state index contributed by atoms with van der Waals surface area (Å²) in [5.74, 6) is 2.02. The average Bonchev–Trinajstić information content (AvgIpc) is 3.00. The third-order valence-electron chi connectivity index (χ3n) is 3.45. The predicted molar refractivity (Wildman–Crippen MR) is 69.5 cm³/mol. The van der Waals surface area contributed by atoms with Crippen LogP contribution in [0.1, 0.15) is 36.0 Å². The normalized spacial score (nSPS) is 19.4. The van der Waals surface area contributed by atoms with Gasteiger partial charge in [-0.1, -0.05) is 0 Å². The van der Waals surface area contributed by atoms with E-state index in [4.69, 9.17) is 4.42 Å². The lowest BCUT2D eigenvalue weighted by molar-refractivity contribution is 0.464. The lowest BCUT2D eigenvalue weighted by Gasteiger charge is -2.25. The van der Waals surface area contributed by atoms with Crippen LogP contribution in [0.2, 0.25) is 0 Å². The fourth-order valence-corrected chi connectivity index (χ4v) is 2.59. The van der Waals surface area contributed by atoms with E-state index in [0.717, 1.165) is 35.9 Å². The SMILES string of the molecule is Cc1cnc(C)c(N2CCCC2c2ccco2)n1. The summed E-state index contributed by atoms with van der Waals surface area (Å²) in [5, 5.41) is 0. The van der Waals surface area contributed by atoms with Gasteiger partial charge < -0.3 is 9.32 Å². The van der Waals surface area contributed by atoms with E-state index in [0.29, 0.717) is 6.04 Å². The Morgan fingerprint density at radius 1 is 1.39 bits per heavy atom. The second kappa shape index (κ2) is 4.44. The van der Waals surface area contributed by atoms with Crippen molar-refractivity contribution in [3.8, 4) is 0 Å². The first kappa shape index (κ1) is 11.3. The minimum atomic E-state index is 0.301. The molecule has 3 rings (SSSR count). The van der Waals surface area contributed by atoms with Gasteiger partial charge >= 0.3 is 0 Å². The van der Waals surface area contributed by atoms with Gasteiger partial charge in [0.05, 0.1) is 23.7 Å². The molecule has 0 bridgehead atoms. The van der Waals surface area contributed by atoms with Gasteiger partial charge in [-0.3, -0.25) is 4.98 Å². The zero-order chi connectivity index (χ0) is 12.5. The van der Waals surface area contributed by atoms with Crippen molar-refractivity contribution >= 4 is 5.82 Å². The zero-order valence-electron chi connectivity index (χ0n) is 10.8. The number of rotatable bonds is 2. The molecule has 0 amide bonds. The van der Waals surface area contributed by atoms with E-state index in [2.05, 4.69) is 14.9 Å². The zero-order valence-corrected chi connectivity index (χ0v) is 10.8. The predicted octanol–water partition coefficient (Wildman–Crippen LogP) is 3.03. The van der Waals surface area contributed by atoms with Crippen LogP contribution >= 0.6 is 0 Å². The van der Waals surface area contributed by atoms with Crippen molar-refractivity contribution in [3.63, 3.8) is 0 Å². The third kappa shape index (κ3) is 1.88. The van der Waals surface area contributed by atoms with Crippen LogP contribution in [-0.2, 0) is 0 Å². The van der Waals surface area contributed by atoms with E-state index in [1.165, 1.54) is 6.42 Å². The molecule has 0 N–H and O–H groups in total. The molecule has 2 aromatic rings. The molecule has 0 spiro atoms. The molecule has 94 valence electrons. The Hall–Kier alpha value is -1.84. The molecule has 1 aliphatic rings. The minimum Gasteiger partial charge on any atom is -0.467 e. The summed E-state index contributed by atoms with van der Waals surface area (Å²) >= 11 is 0. The maximum Gasteiger partial charge on any atom is 0.150 e. The highest BCUT2D eigenvalue weighted by Crippen LogP contribution is 2.36. The van der Waals surface area contributed by atoms with Crippen LogP contribution in [0.25, 0.3) is 0 Å². The number of furan rings is 1. The van der Waals surface area contributed by atoms with Gasteiger partial charge in [0.2, 0.25) is 0 Å². The van der Waals surface area contributed by atoms with Gasteiger partial charge in [0.25, 0.3) is 0 Å². The number of aromatic nitrogens is 2. The first-order valence-corrected chi connectivity index (χ1v) is 6.36. The molecule has 18 heavy (non-hydrogen) atoms. The third-order valence-corrected chi connectivity index (χ3v) is 3.45. The maximum atomic E-state index is 5.55. The molecule has 4 nitrogen and oxygen atoms in total. The lowest BCUT2D eigenvalue weighted by atomic mass is 10.1. The summed E-state index contributed by atoms with van der Waals surface area (Å²) in [6, 6.07) is 4.29. The molecule has 1 unspecified atom stereocenters. The summed E-state index contributed by atoms with van der Waals surface area (Å²) in [7, 11) is 0. The van der Waals surface area contributed by atoms with Crippen LogP contribution < -0.4 is 4.90 Å². The summed E-state index contributed by atoms with van der Waals surface area (Å²) in [6.45, 7) is 5.01. The van der Waals surface area contributed by atoms with Crippen molar-refractivity contribution in [2.24, 2.45) is 0 Å². The van der Waals surface area contributed by atoms with E-state index < -0.39 is 0 Å². The molecule has 1 saturated heterocycles. The Labute approximate surface area is 107 Å². The highest BCUT2D eigenvalue weighted by atomic mass is 16.3. The molecular weight excluding hydrogens is 226 g/mol. The first-order chi connectivity index (χ1) is 8.75. The molecule has 0 radical (unpaired) electrons. The molecule has 2 aromatic heterocycles. The number of nitrogens with zero attached hydrogens (tertiary/aromatic N) is 3. The Morgan fingerprint density at radius 2 is 2.28 bits per heavy atom. The molecule has 0 saturated carbocycles. The number of anilines is 1. The Balaban J connectivity index is 1.97. The van der Waals surface area contributed by atoms with Gasteiger partial charge in [-0.2, -0.15) is 0 Å². The van der Waals surface area contributed by atoms with Gasteiger partial charge in [-0.25, -0.2) is 4.98 Å². The van der Waals surface area contributed by atoms with Gasteiger partial charge in [-0.15, -0.1) is 0 Å². The topological polar surface area (TPSA) is 42.2 Å². The van der Waals surface area contributed by atoms with Crippen molar-refractivity contribution in [1.82, 2.24) is 9.97 Å². The van der Waals surface area contributed by atoms with Crippen LogP contribution in [0.3, 0.4) is 0 Å². The van der Waals surface area contributed by atoms with E-state index in [-0.39, 0.29) is 0 Å². The Kier molecular flexibility index (Phi) is 2.78. The second-order valence-electron chi connectivity index (χ2n) is 4.79.